The van der Waals surface area contributed by atoms with E-state index in [-0.39, 0.29) is 17.3 Å². The fourth-order valence-corrected chi connectivity index (χ4v) is 4.96. The van der Waals surface area contributed by atoms with E-state index in [2.05, 4.69) is 12.1 Å². The maximum Gasteiger partial charge on any atom is 0.164 e. The molecule has 1 heterocycles. The predicted molar refractivity (Wildman–Crippen MR) is 158 cm³/mol. The number of rotatable bonds is 6. The van der Waals surface area contributed by atoms with E-state index in [1.54, 1.807) is 24.3 Å². The van der Waals surface area contributed by atoms with E-state index in [0.29, 0.717) is 46.1 Å². The van der Waals surface area contributed by atoms with Crippen LogP contribution < -0.4 is 0 Å². The van der Waals surface area contributed by atoms with Crippen molar-refractivity contribution in [1.82, 2.24) is 15.0 Å². The summed E-state index contributed by atoms with van der Waals surface area (Å²) in [5.41, 5.74) is 8.36. The van der Waals surface area contributed by atoms with Gasteiger partial charge in [0.1, 0.15) is 11.5 Å². The topological polar surface area (TPSA) is 96.2 Å². The molecule has 0 atom stereocenters. The maximum atomic E-state index is 12.8. The van der Waals surface area contributed by atoms with Gasteiger partial charge in [0.05, 0.1) is 0 Å². The smallest absolute Gasteiger partial charge is 0.164 e. The van der Waals surface area contributed by atoms with Crippen molar-refractivity contribution in [2.45, 2.75) is 41.0 Å². The molecule has 0 amide bonds. The number of carbonyl (C=O) groups is 1. The first-order valence-electron chi connectivity index (χ1n) is 13.3. The summed E-state index contributed by atoms with van der Waals surface area (Å²) in [6.07, 6.45) is 0.349. The number of hydrogen-bond donors (Lipinski definition) is 2. The molecule has 5 aromatic rings. The van der Waals surface area contributed by atoms with Crippen molar-refractivity contribution < 1.29 is 15.0 Å². The van der Waals surface area contributed by atoms with Crippen LogP contribution in [0.25, 0.3) is 45.3 Å². The number of nitrogens with zero attached hydrogens (tertiary/aromatic N) is 3. The summed E-state index contributed by atoms with van der Waals surface area (Å²) < 4.78 is 0. The molecule has 0 radical (unpaired) electrons. The zero-order valence-electron chi connectivity index (χ0n) is 23.3. The van der Waals surface area contributed by atoms with Gasteiger partial charge in [0.2, 0.25) is 0 Å². The molecule has 0 bridgehead atoms. The Morgan fingerprint density at radius 1 is 0.600 bits per heavy atom. The van der Waals surface area contributed by atoms with Crippen molar-refractivity contribution in [2.24, 2.45) is 0 Å². The highest BCUT2D eigenvalue weighted by Gasteiger charge is 2.20. The Kier molecular flexibility index (Phi) is 7.18. The molecule has 6 heteroatoms. The number of hydrogen-bond acceptors (Lipinski definition) is 6. The number of phenols is 2. The summed E-state index contributed by atoms with van der Waals surface area (Å²) in [6.45, 7) is 9.97. The number of ketones is 1. The predicted octanol–water partition coefficient (Wildman–Crippen LogP) is 7.78. The second-order valence-electron chi connectivity index (χ2n) is 10.2. The first-order chi connectivity index (χ1) is 19.1. The minimum Gasteiger partial charge on any atom is -0.508 e. The van der Waals surface area contributed by atoms with Gasteiger partial charge in [0.25, 0.3) is 0 Å². The second-order valence-corrected chi connectivity index (χ2v) is 10.2. The molecule has 0 unspecified atom stereocenters. The molecule has 0 aliphatic carbocycles. The lowest BCUT2D eigenvalue weighted by molar-refractivity contribution is 0.0988. The van der Waals surface area contributed by atoms with Crippen LogP contribution in [0.5, 0.6) is 11.5 Å². The lowest BCUT2D eigenvalue weighted by Gasteiger charge is -2.15. The molecule has 0 aliphatic rings. The Labute approximate surface area is 234 Å². The molecule has 2 N–H and O–H groups in total. The minimum absolute atomic E-state index is 0.0130. The monoisotopic (exact) mass is 529 g/mol. The molecular formula is C34H31N3O3. The third-order valence-electron chi connectivity index (χ3n) is 7.06. The van der Waals surface area contributed by atoms with Crippen molar-refractivity contribution in [3.63, 3.8) is 0 Å². The Bertz CT molecular complexity index is 1710. The average Bonchev–Trinajstić information content (AvgIpc) is 2.92. The van der Waals surface area contributed by atoms with Gasteiger partial charge in [-0.15, -0.1) is 0 Å². The minimum atomic E-state index is -0.0888. The van der Waals surface area contributed by atoms with Crippen molar-refractivity contribution >= 4 is 5.78 Å². The molecule has 1 aromatic heterocycles. The van der Waals surface area contributed by atoms with Crippen molar-refractivity contribution in [3.05, 3.63) is 101 Å². The Hall–Kier alpha value is -4.84. The second kappa shape index (κ2) is 10.7. The first kappa shape index (κ1) is 26.8. The Morgan fingerprint density at radius 3 is 1.60 bits per heavy atom. The maximum absolute atomic E-state index is 12.8. The molecule has 0 saturated heterocycles. The van der Waals surface area contributed by atoms with Crippen LogP contribution in [0.1, 0.15) is 46.0 Å². The zero-order chi connectivity index (χ0) is 28.6. The van der Waals surface area contributed by atoms with E-state index in [4.69, 9.17) is 15.0 Å². The van der Waals surface area contributed by atoms with Gasteiger partial charge in [-0.25, -0.2) is 15.0 Å². The Morgan fingerprint density at radius 2 is 1.10 bits per heavy atom. The first-order valence-corrected chi connectivity index (χ1v) is 13.3. The molecule has 5 rings (SSSR count). The molecule has 0 aliphatic heterocycles. The summed E-state index contributed by atoms with van der Waals surface area (Å²) in [4.78, 5) is 27.5. The molecule has 40 heavy (non-hydrogen) atoms. The van der Waals surface area contributed by atoms with Crippen LogP contribution in [0.4, 0.5) is 0 Å². The number of aromatic hydroxyl groups is 2. The summed E-state index contributed by atoms with van der Waals surface area (Å²) in [6, 6.07) is 22.0. The molecule has 0 saturated carbocycles. The highest BCUT2D eigenvalue weighted by Crippen LogP contribution is 2.39. The third kappa shape index (κ3) is 5.21. The number of carbonyl (C=O) groups excluding carboxylic acids is 1. The summed E-state index contributed by atoms with van der Waals surface area (Å²) in [7, 11) is 0. The van der Waals surface area contributed by atoms with Crippen LogP contribution in [0.15, 0.2) is 72.8 Å². The van der Waals surface area contributed by atoms with Crippen molar-refractivity contribution in [1.29, 1.82) is 0 Å². The number of phenolic OH excluding ortho intramolecular Hbond substituents is 2. The molecule has 4 aromatic carbocycles. The van der Waals surface area contributed by atoms with Gasteiger partial charge in [-0.3, -0.25) is 4.79 Å². The lowest BCUT2D eigenvalue weighted by Crippen LogP contribution is -2.04. The highest BCUT2D eigenvalue weighted by molar-refractivity contribution is 5.99. The van der Waals surface area contributed by atoms with E-state index in [0.717, 1.165) is 33.4 Å². The van der Waals surface area contributed by atoms with Gasteiger partial charge in [0.15, 0.2) is 23.3 Å². The van der Waals surface area contributed by atoms with Crippen LogP contribution in [-0.2, 0) is 0 Å². The SMILES string of the molecule is CCC(=O)c1ccc(-c2ccc(O)cc2O)c(-c2nc(-c3ccc(C)cc3C)nc(-c3ccc(C)cc3C)n2)c1. The number of benzene rings is 4. The third-order valence-corrected chi connectivity index (χ3v) is 7.06. The molecule has 0 fully saturated rings. The lowest BCUT2D eigenvalue weighted by atomic mass is 9.94. The summed E-state index contributed by atoms with van der Waals surface area (Å²) >= 11 is 0. The molecule has 200 valence electrons. The van der Waals surface area contributed by atoms with Gasteiger partial charge in [-0.2, -0.15) is 0 Å². The van der Waals surface area contributed by atoms with Crippen LogP contribution >= 0.6 is 0 Å². The average molecular weight is 530 g/mol. The van der Waals surface area contributed by atoms with Crippen LogP contribution in [0.3, 0.4) is 0 Å². The Balaban J connectivity index is 1.83. The fraction of sp³-hybridized carbons (Fsp3) is 0.176. The van der Waals surface area contributed by atoms with Crippen molar-refractivity contribution in [3.8, 4) is 56.8 Å². The number of aryl methyl sites for hydroxylation is 4. The normalized spacial score (nSPS) is 11.0. The standard InChI is InChI=1S/C34H31N3O3/c1-6-30(39)23-9-13-27(28-14-10-24(38)18-31(28)40)29(17-23)34-36-32(25-11-7-19(2)15-21(25)4)35-33(37-34)26-12-8-20(3)16-22(26)5/h7-18,38,40H,6H2,1-5H3. The highest BCUT2D eigenvalue weighted by atomic mass is 16.3. The van der Waals surface area contributed by atoms with Gasteiger partial charge in [-0.1, -0.05) is 66.6 Å². The zero-order valence-corrected chi connectivity index (χ0v) is 23.3. The van der Waals surface area contributed by atoms with E-state index in [9.17, 15) is 15.0 Å². The van der Waals surface area contributed by atoms with E-state index in [1.807, 2.05) is 58.9 Å². The van der Waals surface area contributed by atoms with Crippen LogP contribution in [0.2, 0.25) is 0 Å². The van der Waals surface area contributed by atoms with Gasteiger partial charge < -0.3 is 10.2 Å². The number of Topliss-reactive ketones (excluding diaryl/α,β-unsaturated/α-hetero) is 1. The summed E-state index contributed by atoms with van der Waals surface area (Å²) in [5, 5.41) is 20.6. The van der Waals surface area contributed by atoms with Gasteiger partial charge >= 0.3 is 0 Å². The van der Waals surface area contributed by atoms with E-state index >= 15 is 0 Å². The molecule has 0 spiro atoms. The fourth-order valence-electron chi connectivity index (χ4n) is 4.96. The quantitative estimate of drug-likeness (QED) is 0.218. The van der Waals surface area contributed by atoms with E-state index in [1.165, 1.54) is 12.1 Å². The van der Waals surface area contributed by atoms with Gasteiger partial charge in [-0.05, 0) is 62.6 Å². The summed E-state index contributed by atoms with van der Waals surface area (Å²) in [5.74, 6) is 1.27. The van der Waals surface area contributed by atoms with Gasteiger partial charge in [0, 0.05) is 40.3 Å². The molecule has 6 nitrogen and oxygen atoms in total. The van der Waals surface area contributed by atoms with Crippen LogP contribution in [-0.4, -0.2) is 30.9 Å². The largest absolute Gasteiger partial charge is 0.508 e. The van der Waals surface area contributed by atoms with E-state index < -0.39 is 0 Å². The number of aromatic nitrogens is 3. The van der Waals surface area contributed by atoms with Crippen molar-refractivity contribution in [2.75, 3.05) is 0 Å². The van der Waals surface area contributed by atoms with Crippen LogP contribution in [0, 0.1) is 27.7 Å². The molecular weight excluding hydrogens is 498 g/mol.